The predicted molar refractivity (Wildman–Crippen MR) is 87.0 cm³/mol. The molecule has 0 aromatic heterocycles. The second kappa shape index (κ2) is 6.18. The lowest BCUT2D eigenvalue weighted by atomic mass is 9.99. The summed E-state index contributed by atoms with van der Waals surface area (Å²) < 4.78 is 0. The van der Waals surface area contributed by atoms with Gasteiger partial charge in [-0.25, -0.2) is 0 Å². The van der Waals surface area contributed by atoms with Crippen LogP contribution >= 0.6 is 0 Å². The average Bonchev–Trinajstić information content (AvgIpc) is 2.74. The zero-order valence-electron chi connectivity index (χ0n) is 14.1. The number of carbonyl (C=O) groups excluding carboxylic acids is 1. The van der Waals surface area contributed by atoms with Gasteiger partial charge in [0.1, 0.15) is 6.17 Å². The summed E-state index contributed by atoms with van der Waals surface area (Å²) in [5.41, 5.74) is 2.50. The molecule has 0 spiro atoms. The Bertz CT molecular complexity index is 492. The topological polar surface area (TPSA) is 32.3 Å². The van der Waals surface area contributed by atoms with Crippen LogP contribution in [-0.4, -0.2) is 22.9 Å². The maximum Gasteiger partial charge on any atom is 0.241 e. The molecule has 1 aliphatic heterocycles. The largest absolute Gasteiger partial charge is 0.319 e. The number of nitrogens with one attached hydrogen (secondary N) is 1. The van der Waals surface area contributed by atoms with E-state index in [1.165, 1.54) is 11.1 Å². The Morgan fingerprint density at radius 3 is 2.10 bits per heavy atom. The van der Waals surface area contributed by atoms with Gasteiger partial charge in [0, 0.05) is 6.04 Å². The molecule has 21 heavy (non-hydrogen) atoms. The summed E-state index contributed by atoms with van der Waals surface area (Å²) in [7, 11) is 0. The lowest BCUT2D eigenvalue weighted by Gasteiger charge is -2.33. The molecule has 1 N–H and O–H groups in total. The van der Waals surface area contributed by atoms with E-state index in [0.29, 0.717) is 11.8 Å². The van der Waals surface area contributed by atoms with Crippen LogP contribution < -0.4 is 5.32 Å². The van der Waals surface area contributed by atoms with E-state index in [4.69, 9.17) is 0 Å². The smallest absolute Gasteiger partial charge is 0.241 e. The van der Waals surface area contributed by atoms with Crippen molar-refractivity contribution in [3.63, 3.8) is 0 Å². The molecule has 1 heterocycles. The Labute approximate surface area is 128 Å². The number of nitrogens with zero attached hydrogens (tertiary/aromatic N) is 1. The van der Waals surface area contributed by atoms with Crippen LogP contribution in [0, 0.1) is 5.92 Å². The third-order valence-electron chi connectivity index (χ3n) is 4.63. The minimum atomic E-state index is -0.110. The van der Waals surface area contributed by atoms with Gasteiger partial charge in [0.2, 0.25) is 5.91 Å². The maximum absolute atomic E-state index is 12.5. The Balaban J connectivity index is 2.29. The van der Waals surface area contributed by atoms with Crippen LogP contribution in [-0.2, 0) is 4.79 Å². The molecule has 0 bridgehead atoms. The highest BCUT2D eigenvalue weighted by atomic mass is 16.2. The quantitative estimate of drug-likeness (QED) is 0.916. The molecule has 0 saturated carbocycles. The van der Waals surface area contributed by atoms with Crippen LogP contribution in [0.3, 0.4) is 0 Å². The first kappa shape index (κ1) is 16.0. The molecule has 2 rings (SSSR count). The van der Waals surface area contributed by atoms with Crippen molar-refractivity contribution in [3.05, 3.63) is 35.4 Å². The van der Waals surface area contributed by atoms with Crippen LogP contribution in [0.4, 0.5) is 0 Å². The molecule has 3 atom stereocenters. The van der Waals surface area contributed by atoms with Crippen molar-refractivity contribution in [2.24, 2.45) is 5.92 Å². The van der Waals surface area contributed by atoms with Crippen molar-refractivity contribution >= 4 is 5.91 Å². The van der Waals surface area contributed by atoms with E-state index in [1.807, 2.05) is 11.8 Å². The van der Waals surface area contributed by atoms with E-state index in [-0.39, 0.29) is 24.2 Å². The van der Waals surface area contributed by atoms with Crippen molar-refractivity contribution in [3.8, 4) is 0 Å². The summed E-state index contributed by atoms with van der Waals surface area (Å²) in [5, 5.41) is 3.43. The Kier molecular flexibility index (Phi) is 4.72. The molecule has 116 valence electrons. The van der Waals surface area contributed by atoms with Gasteiger partial charge in [-0.1, -0.05) is 52.0 Å². The lowest BCUT2D eigenvalue weighted by molar-refractivity contribution is -0.132. The van der Waals surface area contributed by atoms with Crippen molar-refractivity contribution in [2.45, 2.75) is 65.7 Å². The van der Waals surface area contributed by atoms with Gasteiger partial charge in [0.05, 0.1) is 6.04 Å². The third kappa shape index (κ3) is 3.13. The van der Waals surface area contributed by atoms with Crippen LogP contribution in [0.2, 0.25) is 0 Å². The molecule has 0 radical (unpaired) electrons. The summed E-state index contributed by atoms with van der Waals surface area (Å²) in [6, 6.07) is 8.77. The van der Waals surface area contributed by atoms with Crippen LogP contribution in [0.25, 0.3) is 0 Å². The summed E-state index contributed by atoms with van der Waals surface area (Å²) in [6.45, 7) is 12.8. The highest BCUT2D eigenvalue weighted by Crippen LogP contribution is 2.30. The molecule has 1 saturated heterocycles. The number of benzene rings is 1. The fourth-order valence-corrected chi connectivity index (χ4v) is 2.82. The van der Waals surface area contributed by atoms with E-state index in [1.54, 1.807) is 0 Å². The fourth-order valence-electron chi connectivity index (χ4n) is 2.82. The van der Waals surface area contributed by atoms with Crippen molar-refractivity contribution in [1.82, 2.24) is 10.2 Å². The first-order valence-corrected chi connectivity index (χ1v) is 8.01. The first-order valence-electron chi connectivity index (χ1n) is 8.01. The molecule has 3 unspecified atom stereocenters. The third-order valence-corrected chi connectivity index (χ3v) is 4.63. The van der Waals surface area contributed by atoms with Crippen molar-refractivity contribution in [1.29, 1.82) is 0 Å². The second-order valence-electron chi connectivity index (χ2n) is 6.84. The first-order chi connectivity index (χ1) is 9.82. The van der Waals surface area contributed by atoms with Crippen LogP contribution in [0.15, 0.2) is 24.3 Å². The van der Waals surface area contributed by atoms with E-state index in [0.717, 1.165) is 0 Å². The van der Waals surface area contributed by atoms with E-state index >= 15 is 0 Å². The SMILES string of the molecule is CC1NC(c2ccc(C(C)C)cc2)N(C(C)C(C)C)C1=O. The van der Waals surface area contributed by atoms with Gasteiger partial charge < -0.3 is 4.90 Å². The van der Waals surface area contributed by atoms with Crippen molar-refractivity contribution < 1.29 is 4.79 Å². The standard InChI is InChI=1S/C18H28N2O/c1-11(2)14(6)20-17(19-13(5)18(20)21)16-9-7-15(8-10-16)12(3)4/h7-14,17,19H,1-6H3. The van der Waals surface area contributed by atoms with Crippen LogP contribution in [0.5, 0.6) is 0 Å². The Morgan fingerprint density at radius 1 is 1.05 bits per heavy atom. The normalized spacial score (nSPS) is 24.2. The molecule has 1 aromatic rings. The minimum Gasteiger partial charge on any atom is -0.319 e. The number of rotatable bonds is 4. The van der Waals surface area contributed by atoms with Crippen molar-refractivity contribution in [2.75, 3.05) is 0 Å². The van der Waals surface area contributed by atoms with Gasteiger partial charge in [-0.2, -0.15) is 0 Å². The average molecular weight is 288 g/mol. The van der Waals surface area contributed by atoms with Gasteiger partial charge in [0.25, 0.3) is 0 Å². The van der Waals surface area contributed by atoms with Gasteiger partial charge in [0.15, 0.2) is 0 Å². The number of amides is 1. The minimum absolute atomic E-state index is 0.00823. The summed E-state index contributed by atoms with van der Waals surface area (Å²) >= 11 is 0. The Hall–Kier alpha value is -1.35. The zero-order chi connectivity index (χ0) is 15.7. The molecule has 1 amide bonds. The van der Waals surface area contributed by atoms with Gasteiger partial charge in [-0.3, -0.25) is 10.1 Å². The summed E-state index contributed by atoms with van der Waals surface area (Å²) in [4.78, 5) is 14.5. The molecule has 3 heteroatoms. The van der Waals surface area contributed by atoms with E-state index in [2.05, 4.69) is 64.2 Å². The zero-order valence-corrected chi connectivity index (χ0v) is 14.1. The predicted octanol–water partition coefficient (Wildman–Crippen LogP) is 3.67. The fraction of sp³-hybridized carbons (Fsp3) is 0.611. The summed E-state index contributed by atoms with van der Waals surface area (Å²) in [6.07, 6.45) is -0.00823. The lowest BCUT2D eigenvalue weighted by Crippen LogP contribution is -2.41. The molecule has 1 aliphatic rings. The second-order valence-corrected chi connectivity index (χ2v) is 6.84. The van der Waals surface area contributed by atoms with E-state index in [9.17, 15) is 4.79 Å². The molecule has 1 fully saturated rings. The van der Waals surface area contributed by atoms with Gasteiger partial charge in [-0.15, -0.1) is 0 Å². The number of hydrogen-bond donors (Lipinski definition) is 1. The van der Waals surface area contributed by atoms with Crippen LogP contribution in [0.1, 0.15) is 64.8 Å². The highest BCUT2D eigenvalue weighted by molar-refractivity contribution is 5.84. The van der Waals surface area contributed by atoms with Gasteiger partial charge >= 0.3 is 0 Å². The number of carbonyl (C=O) groups is 1. The summed E-state index contributed by atoms with van der Waals surface area (Å²) in [5.74, 6) is 1.18. The molecule has 3 nitrogen and oxygen atoms in total. The van der Waals surface area contributed by atoms with Gasteiger partial charge in [-0.05, 0) is 36.8 Å². The molecule has 0 aliphatic carbocycles. The molecular formula is C18H28N2O. The number of hydrogen-bond acceptors (Lipinski definition) is 2. The van der Waals surface area contributed by atoms with E-state index < -0.39 is 0 Å². The molecule has 1 aromatic carbocycles. The Morgan fingerprint density at radius 2 is 1.62 bits per heavy atom. The highest BCUT2D eigenvalue weighted by Gasteiger charge is 2.40. The molecular weight excluding hydrogens is 260 g/mol. The monoisotopic (exact) mass is 288 g/mol. The maximum atomic E-state index is 12.5.